The monoisotopic (exact) mass is 472 g/mol. The van der Waals surface area contributed by atoms with Crippen molar-refractivity contribution < 1.29 is 4.79 Å². The summed E-state index contributed by atoms with van der Waals surface area (Å²) in [6.07, 6.45) is 1.59. The summed E-state index contributed by atoms with van der Waals surface area (Å²) >= 11 is 14.8. The minimum atomic E-state index is -0.172. The number of nitrogens with one attached hydrogen (secondary N) is 2. The number of thiazole rings is 1. The SMILES string of the molecule is O=C(Nc1sc(N/N=C/c2ccc(Cl)cc2Cl)nc1-c1ccccc1)c1cccs1. The van der Waals surface area contributed by atoms with Crippen LogP contribution in [0.3, 0.4) is 0 Å². The number of benzene rings is 2. The highest BCUT2D eigenvalue weighted by molar-refractivity contribution is 7.20. The van der Waals surface area contributed by atoms with Crippen LogP contribution in [0.2, 0.25) is 10.0 Å². The highest BCUT2D eigenvalue weighted by Crippen LogP contribution is 2.36. The molecule has 0 fully saturated rings. The summed E-state index contributed by atoms with van der Waals surface area (Å²) in [5, 5.41) is 11.3. The fourth-order valence-electron chi connectivity index (χ4n) is 2.58. The summed E-state index contributed by atoms with van der Waals surface area (Å²) < 4.78 is 0. The molecule has 0 saturated heterocycles. The maximum absolute atomic E-state index is 12.5. The maximum Gasteiger partial charge on any atom is 0.266 e. The third-order valence-corrected chi connectivity index (χ3v) is 6.28. The highest BCUT2D eigenvalue weighted by Gasteiger charge is 2.16. The Kier molecular flexibility index (Phi) is 6.44. The highest BCUT2D eigenvalue weighted by atomic mass is 35.5. The minimum Gasteiger partial charge on any atom is -0.311 e. The third-order valence-electron chi connectivity index (χ3n) is 3.97. The number of carbonyl (C=O) groups is 1. The summed E-state index contributed by atoms with van der Waals surface area (Å²) in [5.74, 6) is -0.172. The van der Waals surface area contributed by atoms with Crippen molar-refractivity contribution in [1.82, 2.24) is 4.98 Å². The standard InChI is InChI=1S/C21H14Cl2N4OS2/c22-15-9-8-14(16(23)11-15)12-24-27-21-25-18(13-5-2-1-3-6-13)20(30-21)26-19(28)17-7-4-10-29-17/h1-12H,(H,25,27)(H,26,28)/b24-12+. The van der Waals surface area contributed by atoms with Gasteiger partial charge < -0.3 is 5.32 Å². The smallest absolute Gasteiger partial charge is 0.266 e. The number of thiophene rings is 1. The second-order valence-corrected chi connectivity index (χ2v) is 8.82. The molecular formula is C21H14Cl2N4OS2. The normalized spacial score (nSPS) is 11.0. The molecule has 1 amide bonds. The molecule has 150 valence electrons. The first-order valence-corrected chi connectivity index (χ1v) is 11.2. The molecule has 0 aliphatic carbocycles. The van der Waals surface area contributed by atoms with Gasteiger partial charge in [0, 0.05) is 16.1 Å². The van der Waals surface area contributed by atoms with Gasteiger partial charge in [-0.3, -0.25) is 10.2 Å². The molecule has 5 nitrogen and oxygen atoms in total. The molecular weight excluding hydrogens is 459 g/mol. The van der Waals surface area contributed by atoms with Crippen molar-refractivity contribution in [3.8, 4) is 11.3 Å². The molecule has 2 N–H and O–H groups in total. The van der Waals surface area contributed by atoms with E-state index in [0.29, 0.717) is 30.7 Å². The number of aromatic nitrogens is 1. The lowest BCUT2D eigenvalue weighted by Crippen LogP contribution is -2.09. The Labute approximate surface area is 191 Å². The van der Waals surface area contributed by atoms with Gasteiger partial charge in [0.15, 0.2) is 0 Å². The maximum atomic E-state index is 12.5. The van der Waals surface area contributed by atoms with Gasteiger partial charge in [-0.05, 0) is 23.6 Å². The molecule has 9 heteroatoms. The molecule has 0 saturated carbocycles. The molecule has 0 radical (unpaired) electrons. The van der Waals surface area contributed by atoms with Crippen LogP contribution in [0, 0.1) is 0 Å². The van der Waals surface area contributed by atoms with Crippen LogP contribution < -0.4 is 10.7 Å². The fraction of sp³-hybridized carbons (Fsp3) is 0. The zero-order valence-electron chi connectivity index (χ0n) is 15.3. The van der Waals surface area contributed by atoms with E-state index in [2.05, 4.69) is 20.8 Å². The average Bonchev–Trinajstić information content (AvgIpc) is 3.41. The molecule has 4 aromatic rings. The van der Waals surface area contributed by atoms with Gasteiger partial charge in [-0.1, -0.05) is 77.0 Å². The van der Waals surface area contributed by atoms with Gasteiger partial charge in [-0.15, -0.1) is 11.3 Å². The Bertz CT molecular complexity index is 1190. The third kappa shape index (κ3) is 4.88. The van der Waals surface area contributed by atoms with Gasteiger partial charge in [0.1, 0.15) is 10.7 Å². The van der Waals surface area contributed by atoms with Crippen LogP contribution >= 0.6 is 45.9 Å². The lowest BCUT2D eigenvalue weighted by Gasteiger charge is -2.03. The lowest BCUT2D eigenvalue weighted by atomic mass is 10.2. The van der Waals surface area contributed by atoms with Crippen molar-refractivity contribution in [1.29, 1.82) is 0 Å². The number of carbonyl (C=O) groups excluding carboxylic acids is 1. The number of hydrogen-bond acceptors (Lipinski definition) is 6. The number of amides is 1. The van der Waals surface area contributed by atoms with Crippen LogP contribution in [0.1, 0.15) is 15.2 Å². The second kappa shape index (κ2) is 9.40. The number of halogens is 2. The van der Waals surface area contributed by atoms with E-state index in [-0.39, 0.29) is 5.91 Å². The fourth-order valence-corrected chi connectivity index (χ4v) is 4.49. The molecule has 0 spiro atoms. The van der Waals surface area contributed by atoms with E-state index in [1.54, 1.807) is 30.5 Å². The van der Waals surface area contributed by atoms with E-state index in [4.69, 9.17) is 23.2 Å². The summed E-state index contributed by atoms with van der Waals surface area (Å²) in [5.41, 5.74) is 5.20. The van der Waals surface area contributed by atoms with E-state index in [1.807, 2.05) is 41.8 Å². The quantitative estimate of drug-likeness (QED) is 0.237. The molecule has 4 rings (SSSR count). The Morgan fingerprint density at radius 3 is 2.63 bits per heavy atom. The van der Waals surface area contributed by atoms with Crippen LogP contribution in [0.15, 0.2) is 71.1 Å². The van der Waals surface area contributed by atoms with Crippen LogP contribution in [-0.4, -0.2) is 17.1 Å². The van der Waals surface area contributed by atoms with Gasteiger partial charge in [0.05, 0.1) is 16.1 Å². The molecule has 2 aromatic carbocycles. The van der Waals surface area contributed by atoms with Crippen molar-refractivity contribution in [3.63, 3.8) is 0 Å². The molecule has 2 aromatic heterocycles. The van der Waals surface area contributed by atoms with Crippen LogP contribution in [-0.2, 0) is 0 Å². The van der Waals surface area contributed by atoms with Crippen molar-refractivity contribution in [2.24, 2.45) is 5.10 Å². The number of rotatable bonds is 6. The van der Waals surface area contributed by atoms with E-state index in [1.165, 1.54) is 22.7 Å². The zero-order chi connectivity index (χ0) is 20.9. The van der Waals surface area contributed by atoms with Crippen LogP contribution in [0.25, 0.3) is 11.3 Å². The molecule has 0 atom stereocenters. The van der Waals surface area contributed by atoms with Gasteiger partial charge in [-0.2, -0.15) is 5.10 Å². The van der Waals surface area contributed by atoms with E-state index in [0.717, 1.165) is 11.1 Å². The first-order chi connectivity index (χ1) is 14.6. The molecule has 2 heterocycles. The Hall–Kier alpha value is -2.71. The second-order valence-electron chi connectivity index (χ2n) is 6.03. The zero-order valence-corrected chi connectivity index (χ0v) is 18.4. The van der Waals surface area contributed by atoms with E-state index < -0.39 is 0 Å². The van der Waals surface area contributed by atoms with Crippen molar-refractivity contribution in [2.75, 3.05) is 10.7 Å². The molecule has 30 heavy (non-hydrogen) atoms. The van der Waals surface area contributed by atoms with Crippen molar-refractivity contribution in [2.45, 2.75) is 0 Å². The number of nitrogens with zero attached hydrogens (tertiary/aromatic N) is 2. The average molecular weight is 473 g/mol. The van der Waals surface area contributed by atoms with Gasteiger partial charge in [-0.25, -0.2) is 4.98 Å². The molecule has 0 aliphatic rings. The summed E-state index contributed by atoms with van der Waals surface area (Å²) in [6.45, 7) is 0. The van der Waals surface area contributed by atoms with Crippen molar-refractivity contribution in [3.05, 3.63) is 86.5 Å². The predicted molar refractivity (Wildman–Crippen MR) is 128 cm³/mol. The number of hydrazone groups is 1. The Morgan fingerprint density at radius 2 is 1.90 bits per heavy atom. The lowest BCUT2D eigenvalue weighted by molar-refractivity contribution is 0.103. The first-order valence-electron chi connectivity index (χ1n) is 8.75. The largest absolute Gasteiger partial charge is 0.311 e. The Morgan fingerprint density at radius 1 is 1.07 bits per heavy atom. The van der Waals surface area contributed by atoms with Crippen LogP contribution in [0.4, 0.5) is 10.1 Å². The molecule has 0 unspecified atom stereocenters. The topological polar surface area (TPSA) is 66.4 Å². The van der Waals surface area contributed by atoms with Crippen molar-refractivity contribution >= 4 is 68.1 Å². The minimum absolute atomic E-state index is 0.172. The predicted octanol–water partition coefficient (Wildman–Crippen LogP) is 6.88. The number of anilines is 2. The first kappa shape index (κ1) is 20.6. The van der Waals surface area contributed by atoms with Crippen LogP contribution in [0.5, 0.6) is 0 Å². The summed E-state index contributed by atoms with van der Waals surface area (Å²) in [7, 11) is 0. The van der Waals surface area contributed by atoms with E-state index >= 15 is 0 Å². The molecule has 0 aliphatic heterocycles. The summed E-state index contributed by atoms with van der Waals surface area (Å²) in [6, 6.07) is 18.5. The number of hydrogen-bond donors (Lipinski definition) is 2. The van der Waals surface area contributed by atoms with Gasteiger partial charge in [0.2, 0.25) is 5.13 Å². The molecule has 0 bridgehead atoms. The van der Waals surface area contributed by atoms with Gasteiger partial charge >= 0.3 is 0 Å². The summed E-state index contributed by atoms with van der Waals surface area (Å²) in [4.78, 5) is 17.8. The van der Waals surface area contributed by atoms with Gasteiger partial charge in [0.25, 0.3) is 5.91 Å². The Balaban J connectivity index is 1.58. The van der Waals surface area contributed by atoms with E-state index in [9.17, 15) is 4.79 Å².